The molecule has 0 atom stereocenters. The summed E-state index contributed by atoms with van der Waals surface area (Å²) in [4.78, 5) is 0. The van der Waals surface area contributed by atoms with Crippen molar-refractivity contribution in [3.8, 4) is 0 Å². The molecule has 0 aliphatic rings. The molecule has 0 spiro atoms. The second-order valence-electron chi connectivity index (χ2n) is 7.14. The van der Waals surface area contributed by atoms with E-state index in [-0.39, 0.29) is 10.8 Å². The Morgan fingerprint density at radius 3 is 1.84 bits per heavy atom. The van der Waals surface area contributed by atoms with Gasteiger partial charge in [-0.1, -0.05) is 101 Å². The molecule has 2 aromatic carbocycles. The molecule has 2 rings (SSSR count). The minimum atomic E-state index is -0.0424. The SMILES string of the molecule is C=C.C=C/C(=C\C)C(C)(C)c1cccc(C(C)(C)c2ccccc2)c1. The first-order valence-corrected chi connectivity index (χ1v) is 8.79. The lowest BCUT2D eigenvalue weighted by atomic mass is 9.73. The Hall–Kier alpha value is -2.34. The average Bonchev–Trinajstić information content (AvgIpc) is 2.65. The van der Waals surface area contributed by atoms with Crippen LogP contribution >= 0.6 is 0 Å². The minimum absolute atomic E-state index is 0.0162. The Morgan fingerprint density at radius 2 is 1.32 bits per heavy atom. The molecule has 25 heavy (non-hydrogen) atoms. The maximum Gasteiger partial charge on any atom is 0.0146 e. The summed E-state index contributed by atoms with van der Waals surface area (Å²) in [5.41, 5.74) is 5.20. The number of hydrogen-bond donors (Lipinski definition) is 0. The Morgan fingerprint density at radius 1 is 0.800 bits per heavy atom. The normalized spacial score (nSPS) is 12.1. The largest absolute Gasteiger partial charge is 0.106 e. The topological polar surface area (TPSA) is 0 Å². The first kappa shape index (κ1) is 20.7. The Balaban J connectivity index is 0.00000151. The van der Waals surface area contributed by atoms with Gasteiger partial charge in [-0.15, -0.1) is 13.2 Å². The van der Waals surface area contributed by atoms with Crippen LogP contribution in [0.15, 0.2) is 92.1 Å². The molecule has 0 heterocycles. The van der Waals surface area contributed by atoms with Crippen LogP contribution < -0.4 is 0 Å². The molecule has 2 aromatic rings. The molecule has 0 amide bonds. The molecule has 0 radical (unpaired) electrons. The third kappa shape index (κ3) is 4.39. The number of rotatable bonds is 5. The molecule has 0 aliphatic carbocycles. The van der Waals surface area contributed by atoms with Crippen molar-refractivity contribution in [3.63, 3.8) is 0 Å². The van der Waals surface area contributed by atoms with Crippen molar-refractivity contribution in [2.45, 2.75) is 45.4 Å². The van der Waals surface area contributed by atoms with Crippen LogP contribution in [0.25, 0.3) is 0 Å². The highest BCUT2D eigenvalue weighted by atomic mass is 14.3. The zero-order valence-electron chi connectivity index (χ0n) is 16.5. The van der Waals surface area contributed by atoms with E-state index in [4.69, 9.17) is 0 Å². The van der Waals surface area contributed by atoms with Gasteiger partial charge in [-0.2, -0.15) is 0 Å². The van der Waals surface area contributed by atoms with E-state index in [1.165, 1.54) is 22.3 Å². The highest BCUT2D eigenvalue weighted by Crippen LogP contribution is 2.37. The average molecular weight is 333 g/mol. The molecule has 0 bridgehead atoms. The van der Waals surface area contributed by atoms with Gasteiger partial charge in [-0.25, -0.2) is 0 Å². The molecule has 0 unspecified atom stereocenters. The Labute approximate surface area is 154 Å². The standard InChI is InChI=1S/C23H28.C2H4/c1-7-18(8-2)22(3,4)20-15-12-16-21(17-20)23(5,6)19-13-10-9-11-14-19;1-2/h7-17H,1H2,2-6H3;1-2H2/b18-8+;. The highest BCUT2D eigenvalue weighted by Gasteiger charge is 2.27. The third-order valence-electron chi connectivity index (χ3n) is 5.05. The van der Waals surface area contributed by atoms with Crippen molar-refractivity contribution in [1.29, 1.82) is 0 Å². The summed E-state index contributed by atoms with van der Waals surface area (Å²) >= 11 is 0. The highest BCUT2D eigenvalue weighted by molar-refractivity contribution is 5.45. The first-order valence-electron chi connectivity index (χ1n) is 8.79. The second kappa shape index (κ2) is 8.67. The zero-order valence-corrected chi connectivity index (χ0v) is 16.5. The molecule has 0 heteroatoms. The van der Waals surface area contributed by atoms with Crippen molar-refractivity contribution >= 4 is 0 Å². The van der Waals surface area contributed by atoms with Gasteiger partial charge >= 0.3 is 0 Å². The van der Waals surface area contributed by atoms with E-state index < -0.39 is 0 Å². The molecule has 0 nitrogen and oxygen atoms in total. The van der Waals surface area contributed by atoms with Gasteiger partial charge in [0.2, 0.25) is 0 Å². The molecule has 0 aromatic heterocycles. The van der Waals surface area contributed by atoms with Crippen molar-refractivity contribution in [3.05, 3.63) is 109 Å². The van der Waals surface area contributed by atoms with Crippen LogP contribution in [0.5, 0.6) is 0 Å². The molecular weight excluding hydrogens is 300 g/mol. The van der Waals surface area contributed by atoms with E-state index in [9.17, 15) is 0 Å². The maximum absolute atomic E-state index is 3.97. The van der Waals surface area contributed by atoms with Crippen LogP contribution in [0.1, 0.15) is 51.3 Å². The van der Waals surface area contributed by atoms with Crippen LogP contribution in [0, 0.1) is 0 Å². The quantitative estimate of drug-likeness (QED) is 0.400. The fourth-order valence-corrected chi connectivity index (χ4v) is 3.22. The van der Waals surface area contributed by atoms with Crippen LogP contribution in [0.4, 0.5) is 0 Å². The van der Waals surface area contributed by atoms with E-state index in [1.54, 1.807) is 0 Å². The predicted octanol–water partition coefficient (Wildman–Crippen LogP) is 7.22. The summed E-state index contributed by atoms with van der Waals surface area (Å²) in [6, 6.07) is 19.7. The van der Waals surface area contributed by atoms with E-state index in [0.717, 1.165) is 0 Å². The minimum Gasteiger partial charge on any atom is -0.106 e. The molecule has 0 aliphatic heterocycles. The summed E-state index contributed by atoms with van der Waals surface area (Å²) in [7, 11) is 0. The third-order valence-corrected chi connectivity index (χ3v) is 5.05. The fourth-order valence-electron chi connectivity index (χ4n) is 3.22. The Bertz CT molecular complexity index is 715. The van der Waals surface area contributed by atoms with E-state index in [2.05, 4.69) is 115 Å². The van der Waals surface area contributed by atoms with Crippen LogP contribution in [0.2, 0.25) is 0 Å². The summed E-state index contributed by atoms with van der Waals surface area (Å²) in [6.07, 6.45) is 4.12. The van der Waals surface area contributed by atoms with Crippen molar-refractivity contribution < 1.29 is 0 Å². The first-order chi connectivity index (χ1) is 11.8. The van der Waals surface area contributed by atoms with E-state index >= 15 is 0 Å². The Kier molecular flexibility index (Phi) is 7.18. The lowest BCUT2D eigenvalue weighted by Gasteiger charge is -2.31. The molecular formula is C25H32. The van der Waals surface area contributed by atoms with Crippen LogP contribution in [-0.4, -0.2) is 0 Å². The lowest BCUT2D eigenvalue weighted by molar-refractivity contribution is 0.616. The van der Waals surface area contributed by atoms with Gasteiger partial charge in [0, 0.05) is 10.8 Å². The number of hydrogen-bond acceptors (Lipinski definition) is 0. The van der Waals surface area contributed by atoms with Crippen LogP contribution in [0.3, 0.4) is 0 Å². The molecule has 132 valence electrons. The van der Waals surface area contributed by atoms with Crippen molar-refractivity contribution in [1.82, 2.24) is 0 Å². The van der Waals surface area contributed by atoms with Crippen LogP contribution in [-0.2, 0) is 10.8 Å². The summed E-state index contributed by atoms with van der Waals surface area (Å²) in [6.45, 7) is 21.2. The van der Waals surface area contributed by atoms with E-state index in [1.807, 2.05) is 6.08 Å². The fraction of sp³-hybridized carbons (Fsp3) is 0.280. The number of benzene rings is 2. The van der Waals surface area contributed by atoms with E-state index in [0.29, 0.717) is 0 Å². The smallest absolute Gasteiger partial charge is 0.0146 e. The molecule has 0 saturated heterocycles. The maximum atomic E-state index is 3.97. The van der Waals surface area contributed by atoms with Crippen molar-refractivity contribution in [2.24, 2.45) is 0 Å². The van der Waals surface area contributed by atoms with Gasteiger partial charge in [0.25, 0.3) is 0 Å². The van der Waals surface area contributed by atoms with Crippen molar-refractivity contribution in [2.75, 3.05) is 0 Å². The summed E-state index contributed by atoms with van der Waals surface area (Å²) in [5, 5.41) is 0. The summed E-state index contributed by atoms with van der Waals surface area (Å²) < 4.78 is 0. The molecule has 0 saturated carbocycles. The van der Waals surface area contributed by atoms with Gasteiger partial charge in [-0.3, -0.25) is 0 Å². The zero-order chi connectivity index (χ0) is 19.1. The summed E-state index contributed by atoms with van der Waals surface area (Å²) in [5.74, 6) is 0. The van der Waals surface area contributed by atoms with Gasteiger partial charge in [0.1, 0.15) is 0 Å². The second-order valence-corrected chi connectivity index (χ2v) is 7.14. The number of allylic oxidation sites excluding steroid dienone is 3. The van der Waals surface area contributed by atoms with Gasteiger partial charge in [0.15, 0.2) is 0 Å². The molecule has 0 N–H and O–H groups in total. The monoisotopic (exact) mass is 332 g/mol. The van der Waals surface area contributed by atoms with Gasteiger partial charge in [0.05, 0.1) is 0 Å². The molecule has 0 fully saturated rings. The van der Waals surface area contributed by atoms with Gasteiger partial charge < -0.3 is 0 Å². The predicted molar refractivity (Wildman–Crippen MR) is 113 cm³/mol. The lowest BCUT2D eigenvalue weighted by Crippen LogP contribution is -2.23. The van der Waals surface area contributed by atoms with Gasteiger partial charge in [-0.05, 0) is 29.2 Å².